The Hall–Kier alpha value is -5.47. The molecule has 316 valence electrons. The van der Waals surface area contributed by atoms with Gasteiger partial charge in [-0.2, -0.15) is 10.2 Å². The number of ether oxygens (including phenoxy) is 2. The molecule has 4 aromatic rings. The zero-order chi connectivity index (χ0) is 41.7. The van der Waals surface area contributed by atoms with E-state index in [0.29, 0.717) is 42.2 Å². The number of nitrogens with zero attached hydrogens (tertiary/aromatic N) is 2. The molecule has 4 atom stereocenters. The molecule has 2 heterocycles. The third-order valence-electron chi connectivity index (χ3n) is 11.5. The predicted octanol–water partition coefficient (Wildman–Crippen LogP) is 9.03. The van der Waals surface area contributed by atoms with Crippen LogP contribution in [0.15, 0.2) is 48.5 Å². The number of H-pyrrole nitrogens is 2. The van der Waals surface area contributed by atoms with E-state index in [1.165, 1.54) is 5.56 Å². The Balaban J connectivity index is 0.000000179. The number of amides is 2. The molecule has 2 amide bonds. The molecule has 0 aliphatic heterocycles. The van der Waals surface area contributed by atoms with Crippen molar-refractivity contribution in [2.45, 2.75) is 147 Å². The second kappa shape index (κ2) is 18.2. The number of fused-ring (bicyclic) bond motifs is 2. The zero-order valence-corrected chi connectivity index (χ0v) is 34.3. The highest BCUT2D eigenvalue weighted by molar-refractivity contribution is 5.86. The van der Waals surface area contributed by atoms with Crippen molar-refractivity contribution < 1.29 is 32.6 Å². The van der Waals surface area contributed by atoms with Gasteiger partial charge < -0.3 is 30.7 Å². The molecule has 2 aromatic carbocycles. The summed E-state index contributed by atoms with van der Waals surface area (Å²) in [4.78, 5) is 35.5. The Bertz CT molecular complexity index is 2120. The van der Waals surface area contributed by atoms with Gasteiger partial charge in [-0.1, -0.05) is 24.3 Å². The van der Waals surface area contributed by atoms with Gasteiger partial charge in [-0.15, -0.1) is 0 Å². The average molecular weight is 815 g/mol. The van der Waals surface area contributed by atoms with Gasteiger partial charge in [0.25, 0.3) is 5.92 Å². The fourth-order valence-electron chi connectivity index (χ4n) is 8.61. The lowest BCUT2D eigenvalue weighted by Crippen LogP contribution is -2.33. The van der Waals surface area contributed by atoms with Gasteiger partial charge in [-0.3, -0.25) is 15.0 Å². The number of benzene rings is 2. The number of Topliss-reactive ketones (excluding diaryl/α,β-unsaturated/α-hetero) is 1. The molecule has 4 aliphatic carbocycles. The molecule has 4 aliphatic rings. The number of alkyl carbamates (subject to hydrolysis) is 2. The molecule has 15 heteroatoms. The second-order valence-corrected chi connectivity index (χ2v) is 17.0. The van der Waals surface area contributed by atoms with Crippen molar-refractivity contribution in [3.63, 3.8) is 0 Å². The smallest absolute Gasteiger partial charge is 0.407 e. The number of ketones is 1. The van der Waals surface area contributed by atoms with Gasteiger partial charge in [0, 0.05) is 84.5 Å². The summed E-state index contributed by atoms with van der Waals surface area (Å²) in [6, 6.07) is 15.8. The van der Waals surface area contributed by atoms with Gasteiger partial charge in [-0.05, 0) is 113 Å². The number of aromatic nitrogens is 4. The molecular formula is C44H56F2N8O5. The third-order valence-corrected chi connectivity index (χ3v) is 11.5. The second-order valence-electron chi connectivity index (χ2n) is 17.0. The van der Waals surface area contributed by atoms with E-state index in [4.69, 9.17) is 9.47 Å². The normalized spacial score (nSPS) is 21.9. The Morgan fingerprint density at radius 2 is 1.24 bits per heavy atom. The molecule has 1 unspecified atom stereocenters. The van der Waals surface area contributed by atoms with Gasteiger partial charge >= 0.3 is 12.2 Å². The van der Waals surface area contributed by atoms with Crippen LogP contribution in [0.5, 0.6) is 0 Å². The number of carbonyl (C=O) groups excluding carboxylic acids is 3. The number of anilines is 4. The number of alkyl halides is 2. The number of halogens is 2. The fourth-order valence-corrected chi connectivity index (χ4v) is 8.61. The van der Waals surface area contributed by atoms with Crippen molar-refractivity contribution in [3.05, 3.63) is 82.2 Å². The zero-order valence-electron chi connectivity index (χ0n) is 34.3. The van der Waals surface area contributed by atoms with Crippen molar-refractivity contribution in [1.29, 1.82) is 0 Å². The molecule has 0 radical (unpaired) electrons. The van der Waals surface area contributed by atoms with Crippen LogP contribution in [0, 0.1) is 0 Å². The Labute approximate surface area is 343 Å². The van der Waals surface area contributed by atoms with Crippen LogP contribution in [0.2, 0.25) is 0 Å². The highest BCUT2D eigenvalue weighted by Gasteiger charge is 2.36. The molecular weight excluding hydrogens is 759 g/mol. The van der Waals surface area contributed by atoms with E-state index in [9.17, 15) is 23.2 Å². The number of hydrogen-bond donors (Lipinski definition) is 6. The first-order chi connectivity index (χ1) is 28.3. The topological polar surface area (TPSA) is 175 Å². The molecule has 6 N–H and O–H groups in total. The number of hydrogen-bond acceptors (Lipinski definition) is 9. The summed E-state index contributed by atoms with van der Waals surface area (Å²) < 4.78 is 38.8. The van der Waals surface area contributed by atoms with Gasteiger partial charge in [0.15, 0.2) is 11.6 Å². The summed E-state index contributed by atoms with van der Waals surface area (Å²) in [5.74, 6) is -0.516. The van der Waals surface area contributed by atoms with E-state index < -0.39 is 5.92 Å². The van der Waals surface area contributed by atoms with Crippen LogP contribution in [0.25, 0.3) is 0 Å². The summed E-state index contributed by atoms with van der Waals surface area (Å²) in [5, 5.41) is 27.0. The van der Waals surface area contributed by atoms with E-state index >= 15 is 0 Å². The van der Waals surface area contributed by atoms with Crippen molar-refractivity contribution in [2.75, 3.05) is 10.6 Å². The van der Waals surface area contributed by atoms with E-state index in [-0.39, 0.29) is 61.0 Å². The van der Waals surface area contributed by atoms with Crippen LogP contribution in [-0.2, 0) is 40.0 Å². The molecule has 0 spiro atoms. The number of carbonyl (C=O) groups is 3. The largest absolute Gasteiger partial charge is 0.446 e. The molecule has 0 bridgehead atoms. The summed E-state index contributed by atoms with van der Waals surface area (Å²) in [6.45, 7) is 7.61. The van der Waals surface area contributed by atoms with Gasteiger partial charge in [0.2, 0.25) is 0 Å². The monoisotopic (exact) mass is 814 g/mol. The standard InChI is InChI=1S/C22H28F2N4O2.C22H28N4O3/c1-13(2)25-21(29)30-16-7-6-15(10-16)19-11-20(28-27-19)26-18-5-3-4-14-8-9-22(23,24)12-17(14)18;1-13(2)23-22(28)29-17-9-7-15(10-17)20-12-21(26-25-20)24-19-5-3-4-14-6-8-16(27)11-18(14)19/h3-5,11,13,15-16H,6-10,12H2,1-2H3,(H,25,29)(H2,26,27,28);3-5,12-13,15,17H,6-11H2,1-2H3,(H,23,28)(H2,24,25,26)/t15-,16+;15-,17?/m00/s1. The first-order valence-electron chi connectivity index (χ1n) is 21.0. The van der Waals surface area contributed by atoms with Gasteiger partial charge in [0.1, 0.15) is 18.0 Å². The number of nitrogens with one attached hydrogen (secondary N) is 6. The van der Waals surface area contributed by atoms with Gasteiger partial charge in [-0.25, -0.2) is 18.4 Å². The number of aryl methyl sites for hydroxylation is 2. The number of aromatic amines is 2. The molecule has 8 rings (SSSR count). The average Bonchev–Trinajstić information content (AvgIpc) is 4.00. The summed E-state index contributed by atoms with van der Waals surface area (Å²) in [7, 11) is 0. The maximum atomic E-state index is 13.9. The molecule has 0 saturated heterocycles. The minimum atomic E-state index is -2.66. The predicted molar refractivity (Wildman–Crippen MR) is 221 cm³/mol. The molecule has 2 fully saturated rings. The van der Waals surface area contributed by atoms with Crippen LogP contribution in [0.3, 0.4) is 0 Å². The van der Waals surface area contributed by atoms with Crippen LogP contribution < -0.4 is 21.3 Å². The molecule has 2 aromatic heterocycles. The van der Waals surface area contributed by atoms with E-state index in [1.54, 1.807) is 0 Å². The quantitative estimate of drug-likeness (QED) is 0.0913. The SMILES string of the molecule is CC(C)NC(=O)OC1CC[C@H](c2cc(Nc3cccc4c3CC(=O)CC4)n[nH]2)C1.CC(C)NC(=O)O[C@@H]1CC[C@H](c2cc(Nc3cccc4c3CC(F)(F)CC4)n[nH]2)C1. The molecule has 13 nitrogen and oxygen atoms in total. The Morgan fingerprint density at radius 1 is 0.729 bits per heavy atom. The summed E-state index contributed by atoms with van der Waals surface area (Å²) in [5.41, 5.74) is 7.60. The summed E-state index contributed by atoms with van der Waals surface area (Å²) >= 11 is 0. The van der Waals surface area contributed by atoms with Gasteiger partial charge in [0.05, 0.1) is 0 Å². The van der Waals surface area contributed by atoms with Crippen LogP contribution in [0.1, 0.15) is 125 Å². The highest BCUT2D eigenvalue weighted by Crippen LogP contribution is 2.40. The first kappa shape index (κ1) is 41.7. The minimum Gasteiger partial charge on any atom is -0.446 e. The van der Waals surface area contributed by atoms with E-state index in [2.05, 4.69) is 47.7 Å². The Kier molecular flexibility index (Phi) is 12.9. The highest BCUT2D eigenvalue weighted by atomic mass is 19.3. The van der Waals surface area contributed by atoms with Crippen molar-refractivity contribution >= 4 is 41.0 Å². The lowest BCUT2D eigenvalue weighted by molar-refractivity contribution is -0.118. The minimum absolute atomic E-state index is 0.0413. The maximum Gasteiger partial charge on any atom is 0.407 e. The first-order valence-corrected chi connectivity index (χ1v) is 21.0. The lowest BCUT2D eigenvalue weighted by atomic mass is 9.88. The van der Waals surface area contributed by atoms with Crippen LogP contribution in [-0.4, -0.2) is 68.6 Å². The molecule has 2 saturated carbocycles. The summed E-state index contributed by atoms with van der Waals surface area (Å²) in [6.07, 6.45) is 6.09. The Morgan fingerprint density at radius 3 is 1.76 bits per heavy atom. The van der Waals surface area contributed by atoms with Crippen molar-refractivity contribution in [2.24, 2.45) is 0 Å². The lowest BCUT2D eigenvalue weighted by Gasteiger charge is -2.26. The van der Waals surface area contributed by atoms with Crippen molar-refractivity contribution in [1.82, 2.24) is 31.0 Å². The maximum absolute atomic E-state index is 13.9. The van der Waals surface area contributed by atoms with Crippen LogP contribution in [0.4, 0.5) is 41.4 Å². The molecule has 59 heavy (non-hydrogen) atoms. The number of rotatable bonds is 10. The van der Waals surface area contributed by atoms with E-state index in [1.807, 2.05) is 70.2 Å². The van der Waals surface area contributed by atoms with Crippen molar-refractivity contribution in [3.8, 4) is 0 Å². The third kappa shape index (κ3) is 11.0. The van der Waals surface area contributed by atoms with E-state index in [0.717, 1.165) is 79.0 Å². The van der Waals surface area contributed by atoms with Crippen LogP contribution >= 0.6 is 0 Å². The fraction of sp³-hybridized carbons (Fsp3) is 0.523.